The van der Waals surface area contributed by atoms with Crippen molar-refractivity contribution >= 4 is 68.4 Å². The first-order valence-corrected chi connectivity index (χ1v) is 23.9. The number of anilines is 5. The molecule has 0 aliphatic rings. The molecule has 0 heterocycles. The maximum atomic E-state index is 11.6. The fraction of sp³-hybridized carbons (Fsp3) is 0.179. The van der Waals surface area contributed by atoms with E-state index in [1.807, 2.05) is 0 Å². The Morgan fingerprint density at radius 2 is 1.13 bits per heavy atom. The van der Waals surface area contributed by atoms with Gasteiger partial charge in [-0.2, -0.15) is 0 Å². The number of aliphatic hydroxyl groups is 1. The van der Waals surface area contributed by atoms with E-state index in [0.29, 0.717) is 6.42 Å². The second-order valence-electron chi connectivity index (χ2n) is 16.5. The standard InChI is InChI=1S/C56H56N2OSi/c1-7-55(59)43(5)49-37-36-47(58(46-27-10-8-11-28-46)54-35-21-26-45-24-16-18-32-51(45)54)39-56(49)60(6,48-29-12-9-13-30-48)42(4)38-41(3)57(52-33-19-14-22-40(52)2)53-34-20-25-44-23-15-17-31-50(44)53/h8-37,39,41,43,55,59H,4,7,38H2,1-3,5-6H3/t41?,43?,55?,60-/m0/s1. The van der Waals surface area contributed by atoms with Crippen LogP contribution in [-0.4, -0.2) is 25.3 Å². The normalized spacial score (nSPS) is 14.0. The highest BCUT2D eigenvalue weighted by molar-refractivity contribution is 7.06. The third-order valence-corrected chi connectivity index (χ3v) is 17.4. The molecule has 0 aliphatic carbocycles. The van der Waals surface area contributed by atoms with Crippen LogP contribution >= 0.6 is 0 Å². The lowest BCUT2D eigenvalue weighted by molar-refractivity contribution is 0.145. The summed E-state index contributed by atoms with van der Waals surface area (Å²) >= 11 is 0. The van der Waals surface area contributed by atoms with Crippen molar-refractivity contribution in [3.63, 3.8) is 0 Å². The fourth-order valence-corrected chi connectivity index (χ4v) is 13.3. The predicted octanol–water partition coefficient (Wildman–Crippen LogP) is 13.6. The molecule has 8 rings (SSSR count). The summed E-state index contributed by atoms with van der Waals surface area (Å²) in [6, 6.07) is 68.2. The van der Waals surface area contributed by atoms with E-state index in [1.54, 1.807) is 0 Å². The minimum Gasteiger partial charge on any atom is -0.393 e. The SMILES string of the molecule is C=C(CC(C)N(c1ccccc1C)c1cccc2ccccc12)[Si@@](C)(c1ccccc1)c1cc(N(c2ccccc2)c2cccc3ccccc23)ccc1C(C)C(O)CC. The summed E-state index contributed by atoms with van der Waals surface area (Å²) in [5, 5.41) is 20.3. The van der Waals surface area contributed by atoms with E-state index >= 15 is 0 Å². The zero-order valence-corrected chi connectivity index (χ0v) is 36.6. The van der Waals surface area contributed by atoms with Crippen LogP contribution in [0.4, 0.5) is 28.4 Å². The van der Waals surface area contributed by atoms with Crippen molar-refractivity contribution in [1.29, 1.82) is 0 Å². The number of aliphatic hydroxyl groups excluding tert-OH is 1. The Kier molecular flexibility index (Phi) is 11.9. The highest BCUT2D eigenvalue weighted by Gasteiger charge is 2.40. The van der Waals surface area contributed by atoms with Gasteiger partial charge in [-0.15, -0.1) is 6.58 Å². The first-order valence-electron chi connectivity index (χ1n) is 21.4. The molecule has 4 atom stereocenters. The largest absolute Gasteiger partial charge is 0.393 e. The van der Waals surface area contributed by atoms with Crippen molar-refractivity contribution < 1.29 is 5.11 Å². The van der Waals surface area contributed by atoms with Crippen molar-refractivity contribution in [3.05, 3.63) is 211 Å². The average molecular weight is 801 g/mol. The monoisotopic (exact) mass is 800 g/mol. The Labute approximate surface area is 357 Å². The molecule has 0 fully saturated rings. The molecule has 0 saturated carbocycles. The molecule has 1 N–H and O–H groups in total. The minimum atomic E-state index is -2.84. The van der Waals surface area contributed by atoms with Crippen LogP contribution in [0.1, 0.15) is 50.7 Å². The third-order valence-electron chi connectivity index (χ3n) is 12.8. The second kappa shape index (κ2) is 17.6. The van der Waals surface area contributed by atoms with E-state index in [0.717, 1.165) is 23.5 Å². The molecule has 0 amide bonds. The van der Waals surface area contributed by atoms with Gasteiger partial charge in [-0.05, 0) is 101 Å². The minimum absolute atomic E-state index is 0.0710. The van der Waals surface area contributed by atoms with Gasteiger partial charge in [0.05, 0.1) is 11.8 Å². The number of hydrogen-bond acceptors (Lipinski definition) is 3. The van der Waals surface area contributed by atoms with Gasteiger partial charge in [-0.25, -0.2) is 0 Å². The maximum Gasteiger partial charge on any atom is 0.141 e. The average Bonchev–Trinajstić information content (AvgIpc) is 3.29. The van der Waals surface area contributed by atoms with E-state index in [9.17, 15) is 5.11 Å². The van der Waals surface area contributed by atoms with Gasteiger partial charge in [0.1, 0.15) is 8.07 Å². The lowest BCUT2D eigenvalue weighted by Crippen LogP contribution is -2.59. The maximum absolute atomic E-state index is 11.6. The van der Waals surface area contributed by atoms with Crippen molar-refractivity contribution in [1.82, 2.24) is 0 Å². The van der Waals surface area contributed by atoms with Crippen molar-refractivity contribution in [2.24, 2.45) is 0 Å². The van der Waals surface area contributed by atoms with Crippen LogP contribution in [0.2, 0.25) is 6.55 Å². The molecule has 0 aromatic heterocycles. The van der Waals surface area contributed by atoms with Crippen LogP contribution in [-0.2, 0) is 0 Å². The number of aryl methyl sites for hydroxylation is 1. The lowest BCUT2D eigenvalue weighted by atomic mass is 9.93. The molecule has 3 nitrogen and oxygen atoms in total. The van der Waals surface area contributed by atoms with Crippen LogP contribution in [0, 0.1) is 6.92 Å². The Balaban J connectivity index is 1.33. The van der Waals surface area contributed by atoms with Crippen LogP contribution in [0.5, 0.6) is 0 Å². The van der Waals surface area contributed by atoms with Crippen LogP contribution in [0.25, 0.3) is 21.5 Å². The molecular weight excluding hydrogens is 745 g/mol. The Morgan fingerprint density at radius 3 is 1.78 bits per heavy atom. The van der Waals surface area contributed by atoms with Crippen LogP contribution in [0.3, 0.4) is 0 Å². The molecule has 0 radical (unpaired) electrons. The van der Waals surface area contributed by atoms with Crippen LogP contribution in [0.15, 0.2) is 200 Å². The smallest absolute Gasteiger partial charge is 0.141 e. The van der Waals surface area contributed by atoms with Gasteiger partial charge in [0, 0.05) is 45.5 Å². The molecule has 4 heteroatoms. The van der Waals surface area contributed by atoms with Crippen molar-refractivity contribution in [3.8, 4) is 0 Å². The first-order chi connectivity index (χ1) is 29.2. The Bertz CT molecular complexity index is 2740. The van der Waals surface area contributed by atoms with Crippen molar-refractivity contribution in [2.45, 2.75) is 65.1 Å². The predicted molar refractivity (Wildman–Crippen MR) is 261 cm³/mol. The molecule has 8 aromatic rings. The third kappa shape index (κ3) is 7.69. The number of fused-ring (bicyclic) bond motifs is 2. The zero-order chi connectivity index (χ0) is 41.8. The molecule has 0 spiro atoms. The molecule has 8 aromatic carbocycles. The van der Waals surface area contributed by atoms with E-state index in [4.69, 9.17) is 6.58 Å². The number of nitrogens with zero attached hydrogens (tertiary/aromatic N) is 2. The van der Waals surface area contributed by atoms with Gasteiger partial charge in [0.2, 0.25) is 0 Å². The van der Waals surface area contributed by atoms with E-state index in [1.165, 1.54) is 59.6 Å². The fourth-order valence-electron chi connectivity index (χ4n) is 9.31. The quantitative estimate of drug-likeness (QED) is 0.111. The van der Waals surface area contributed by atoms with E-state index in [2.05, 4.69) is 232 Å². The molecule has 0 aliphatic heterocycles. The van der Waals surface area contributed by atoms with Gasteiger partial charge in [0.15, 0.2) is 0 Å². The number of para-hydroxylation sites is 2. The van der Waals surface area contributed by atoms with Crippen LogP contribution < -0.4 is 20.2 Å². The molecule has 0 saturated heterocycles. The van der Waals surface area contributed by atoms with Gasteiger partial charge < -0.3 is 14.9 Å². The highest BCUT2D eigenvalue weighted by atomic mass is 28.3. The molecule has 300 valence electrons. The summed E-state index contributed by atoms with van der Waals surface area (Å²) in [6.07, 6.45) is 0.962. The Hall–Kier alpha value is -6.20. The second-order valence-corrected chi connectivity index (χ2v) is 20.6. The summed E-state index contributed by atoms with van der Waals surface area (Å²) in [4.78, 5) is 4.95. The summed E-state index contributed by atoms with van der Waals surface area (Å²) < 4.78 is 0. The number of hydrogen-bond donors (Lipinski definition) is 1. The topological polar surface area (TPSA) is 26.7 Å². The molecule has 60 heavy (non-hydrogen) atoms. The number of rotatable bonds is 14. The molecular formula is C56H56N2OSi. The summed E-state index contributed by atoms with van der Waals surface area (Å²) in [6.45, 7) is 16.5. The van der Waals surface area contributed by atoms with Gasteiger partial charge in [0.25, 0.3) is 0 Å². The summed E-state index contributed by atoms with van der Waals surface area (Å²) in [7, 11) is -2.84. The molecule has 3 unspecified atom stereocenters. The van der Waals surface area contributed by atoms with Gasteiger partial charge in [-0.3, -0.25) is 0 Å². The lowest BCUT2D eigenvalue weighted by Gasteiger charge is -2.40. The summed E-state index contributed by atoms with van der Waals surface area (Å²) in [5.74, 6) is -0.0818. The Morgan fingerprint density at radius 1 is 0.600 bits per heavy atom. The van der Waals surface area contributed by atoms with E-state index < -0.39 is 14.2 Å². The zero-order valence-electron chi connectivity index (χ0n) is 35.6. The van der Waals surface area contributed by atoms with Gasteiger partial charge >= 0.3 is 0 Å². The first kappa shape index (κ1) is 40.6. The number of benzene rings is 8. The van der Waals surface area contributed by atoms with E-state index in [-0.39, 0.29) is 12.0 Å². The summed E-state index contributed by atoms with van der Waals surface area (Å²) in [5.41, 5.74) is 8.12. The molecule has 0 bridgehead atoms. The highest BCUT2D eigenvalue weighted by Crippen LogP contribution is 2.41. The van der Waals surface area contributed by atoms with Crippen molar-refractivity contribution in [2.75, 3.05) is 9.80 Å². The van der Waals surface area contributed by atoms with Gasteiger partial charge in [-0.1, -0.05) is 171 Å².